The lowest BCUT2D eigenvalue weighted by atomic mass is 9.88. The summed E-state index contributed by atoms with van der Waals surface area (Å²) in [4.78, 5) is 12.7. The fourth-order valence-corrected chi connectivity index (χ4v) is 5.08. The Morgan fingerprint density at radius 1 is 1.08 bits per heavy atom. The Kier molecular flexibility index (Phi) is 5.58. The maximum atomic E-state index is 13.0. The topological polar surface area (TPSA) is 69.7 Å². The predicted molar refractivity (Wildman–Crippen MR) is 91.8 cm³/mol. The quantitative estimate of drug-likeness (QED) is 0.775. The third kappa shape index (κ3) is 4.29. The molecule has 1 aromatic rings. The van der Waals surface area contributed by atoms with Crippen molar-refractivity contribution in [3.05, 3.63) is 24.3 Å². The van der Waals surface area contributed by atoms with Gasteiger partial charge in [0.2, 0.25) is 0 Å². The summed E-state index contributed by atoms with van der Waals surface area (Å²) in [5.41, 5.74) is -0.622. The van der Waals surface area contributed by atoms with Gasteiger partial charge in [-0.3, -0.25) is 4.79 Å². The minimum absolute atomic E-state index is 0.226. The van der Waals surface area contributed by atoms with Crippen LogP contribution in [-0.4, -0.2) is 32.3 Å². The Morgan fingerprint density at radius 3 is 2.21 bits per heavy atom. The summed E-state index contributed by atoms with van der Waals surface area (Å²) in [5.74, 6) is -0.421. The van der Waals surface area contributed by atoms with Crippen molar-refractivity contribution in [2.45, 2.75) is 62.2 Å². The van der Waals surface area contributed by atoms with Gasteiger partial charge >= 0.3 is 5.97 Å². The molecule has 2 rings (SSSR count). The Hall–Kier alpha value is -1.56. The highest BCUT2D eigenvalue weighted by molar-refractivity contribution is 7.92. The number of esters is 1. The van der Waals surface area contributed by atoms with Crippen molar-refractivity contribution in [1.82, 2.24) is 0 Å². The van der Waals surface area contributed by atoms with E-state index in [-0.39, 0.29) is 4.90 Å². The molecule has 24 heavy (non-hydrogen) atoms. The fraction of sp³-hybridized carbons (Fsp3) is 0.611. The molecule has 0 unspecified atom stereocenters. The summed E-state index contributed by atoms with van der Waals surface area (Å²) >= 11 is 0. The van der Waals surface area contributed by atoms with Crippen LogP contribution in [0.15, 0.2) is 29.2 Å². The van der Waals surface area contributed by atoms with E-state index < -0.39 is 32.6 Å². The number of hydrogen-bond acceptors (Lipinski definition) is 5. The van der Waals surface area contributed by atoms with Crippen LogP contribution < -0.4 is 4.74 Å². The van der Waals surface area contributed by atoms with Gasteiger partial charge in [-0.1, -0.05) is 12.8 Å². The molecule has 0 aromatic heterocycles. The SMILES string of the molecule is COc1ccc(S(=O)(=O)[C@@H]2CCCC[C@H]2C(=O)OC(C)(C)C)cc1. The average Bonchev–Trinajstić information content (AvgIpc) is 2.53. The lowest BCUT2D eigenvalue weighted by Crippen LogP contribution is -2.40. The second-order valence-corrected chi connectivity index (χ2v) is 9.35. The molecule has 1 saturated carbocycles. The third-order valence-corrected chi connectivity index (χ3v) is 6.49. The molecule has 1 aromatic carbocycles. The normalized spacial score (nSPS) is 22.0. The molecular weight excluding hydrogens is 328 g/mol. The zero-order chi connectivity index (χ0) is 18.0. The molecule has 0 saturated heterocycles. The minimum atomic E-state index is -3.59. The van der Waals surface area contributed by atoms with E-state index in [4.69, 9.17) is 9.47 Å². The van der Waals surface area contributed by atoms with E-state index >= 15 is 0 Å². The van der Waals surface area contributed by atoms with Gasteiger partial charge in [-0.2, -0.15) is 0 Å². The van der Waals surface area contributed by atoms with Gasteiger partial charge in [-0.25, -0.2) is 8.42 Å². The molecule has 0 aliphatic heterocycles. The fourth-order valence-electron chi connectivity index (χ4n) is 3.06. The molecule has 1 aliphatic carbocycles. The Morgan fingerprint density at radius 2 is 1.67 bits per heavy atom. The number of rotatable bonds is 4. The van der Waals surface area contributed by atoms with Gasteiger partial charge in [0.25, 0.3) is 0 Å². The van der Waals surface area contributed by atoms with Crippen LogP contribution in [0, 0.1) is 5.92 Å². The lowest BCUT2D eigenvalue weighted by Gasteiger charge is -2.32. The van der Waals surface area contributed by atoms with Crippen molar-refractivity contribution in [3.63, 3.8) is 0 Å². The third-order valence-electron chi connectivity index (χ3n) is 4.20. The van der Waals surface area contributed by atoms with Crippen LogP contribution in [0.4, 0.5) is 0 Å². The monoisotopic (exact) mass is 354 g/mol. The van der Waals surface area contributed by atoms with Gasteiger partial charge in [-0.15, -0.1) is 0 Å². The molecule has 0 radical (unpaired) electrons. The second kappa shape index (κ2) is 7.13. The molecule has 0 bridgehead atoms. The highest BCUT2D eigenvalue weighted by Gasteiger charge is 2.42. The average molecular weight is 354 g/mol. The lowest BCUT2D eigenvalue weighted by molar-refractivity contribution is -0.160. The van der Waals surface area contributed by atoms with E-state index in [1.54, 1.807) is 32.9 Å². The van der Waals surface area contributed by atoms with Crippen molar-refractivity contribution in [2.24, 2.45) is 5.92 Å². The molecule has 134 valence electrons. The van der Waals surface area contributed by atoms with Crippen LogP contribution in [0.5, 0.6) is 5.75 Å². The number of methoxy groups -OCH3 is 1. The summed E-state index contributed by atoms with van der Waals surface area (Å²) in [6, 6.07) is 6.32. The molecule has 6 heteroatoms. The van der Waals surface area contributed by atoms with Crippen LogP contribution >= 0.6 is 0 Å². The van der Waals surface area contributed by atoms with Crippen molar-refractivity contribution in [2.75, 3.05) is 7.11 Å². The summed E-state index contributed by atoms with van der Waals surface area (Å²) in [6.07, 6.45) is 2.69. The van der Waals surface area contributed by atoms with Crippen molar-refractivity contribution < 1.29 is 22.7 Å². The van der Waals surface area contributed by atoms with Gasteiger partial charge in [-0.05, 0) is 57.9 Å². The molecule has 0 heterocycles. The molecule has 0 amide bonds. The molecule has 5 nitrogen and oxygen atoms in total. The van der Waals surface area contributed by atoms with Crippen LogP contribution in [-0.2, 0) is 19.4 Å². The molecule has 1 fully saturated rings. The number of hydrogen-bond donors (Lipinski definition) is 0. The number of carbonyl (C=O) groups is 1. The predicted octanol–water partition coefficient (Wildman–Crippen LogP) is 3.37. The van der Waals surface area contributed by atoms with Crippen LogP contribution in [0.1, 0.15) is 46.5 Å². The molecule has 1 aliphatic rings. The van der Waals surface area contributed by atoms with Gasteiger partial charge in [0, 0.05) is 0 Å². The van der Waals surface area contributed by atoms with E-state index in [2.05, 4.69) is 0 Å². The number of carbonyl (C=O) groups excluding carboxylic acids is 1. The van der Waals surface area contributed by atoms with Crippen LogP contribution in [0.25, 0.3) is 0 Å². The summed E-state index contributed by atoms with van der Waals surface area (Å²) in [6.45, 7) is 5.38. The van der Waals surface area contributed by atoms with Gasteiger partial charge < -0.3 is 9.47 Å². The first-order valence-corrected chi connectivity index (χ1v) is 9.80. The first kappa shape index (κ1) is 18.8. The minimum Gasteiger partial charge on any atom is -0.497 e. The van der Waals surface area contributed by atoms with E-state index in [1.165, 1.54) is 19.2 Å². The number of benzene rings is 1. The Balaban J connectivity index is 2.29. The van der Waals surface area contributed by atoms with E-state index in [0.29, 0.717) is 18.6 Å². The zero-order valence-electron chi connectivity index (χ0n) is 14.7. The first-order valence-electron chi connectivity index (χ1n) is 8.26. The second-order valence-electron chi connectivity index (χ2n) is 7.18. The molecular formula is C18H26O5S. The maximum Gasteiger partial charge on any atom is 0.310 e. The molecule has 2 atom stereocenters. The standard InChI is InChI=1S/C18H26O5S/c1-18(2,3)23-17(19)15-7-5-6-8-16(15)24(20,21)14-11-9-13(22-4)10-12-14/h9-12,15-16H,5-8H2,1-4H3/t15-,16-/m1/s1. The van der Waals surface area contributed by atoms with Crippen molar-refractivity contribution in [3.8, 4) is 5.75 Å². The summed E-state index contributed by atoms with van der Waals surface area (Å²) in [7, 11) is -2.06. The van der Waals surface area contributed by atoms with Crippen molar-refractivity contribution in [1.29, 1.82) is 0 Å². The Labute approximate surface area is 144 Å². The maximum absolute atomic E-state index is 13.0. The van der Waals surface area contributed by atoms with Crippen LogP contribution in [0.3, 0.4) is 0 Å². The number of ether oxygens (including phenoxy) is 2. The number of sulfone groups is 1. The first-order chi connectivity index (χ1) is 11.1. The van der Waals surface area contributed by atoms with E-state index in [9.17, 15) is 13.2 Å². The van der Waals surface area contributed by atoms with E-state index in [1.807, 2.05) is 0 Å². The van der Waals surface area contributed by atoms with E-state index in [0.717, 1.165) is 12.8 Å². The largest absolute Gasteiger partial charge is 0.497 e. The van der Waals surface area contributed by atoms with Gasteiger partial charge in [0.15, 0.2) is 9.84 Å². The Bertz CT molecular complexity index is 670. The van der Waals surface area contributed by atoms with Gasteiger partial charge in [0.1, 0.15) is 11.4 Å². The van der Waals surface area contributed by atoms with Crippen molar-refractivity contribution >= 4 is 15.8 Å². The molecule has 0 spiro atoms. The summed E-state index contributed by atoms with van der Waals surface area (Å²) in [5, 5.41) is -0.727. The smallest absolute Gasteiger partial charge is 0.310 e. The molecule has 0 N–H and O–H groups in total. The zero-order valence-corrected chi connectivity index (χ0v) is 15.6. The summed E-state index contributed by atoms with van der Waals surface area (Å²) < 4.78 is 36.6. The highest BCUT2D eigenvalue weighted by Crippen LogP contribution is 2.35. The highest BCUT2D eigenvalue weighted by atomic mass is 32.2. The van der Waals surface area contributed by atoms with Crippen LogP contribution in [0.2, 0.25) is 0 Å². The van der Waals surface area contributed by atoms with Gasteiger partial charge in [0.05, 0.1) is 23.2 Å².